The second kappa shape index (κ2) is 9.48. The molecule has 1 fully saturated rings. The maximum atomic E-state index is 12.6. The molecule has 1 aliphatic heterocycles. The molecule has 0 bridgehead atoms. The molecular formula is C20H23ClN2O3S. The van der Waals surface area contributed by atoms with Crippen molar-refractivity contribution in [3.8, 4) is 0 Å². The molecule has 7 heteroatoms. The third-order valence-corrected chi connectivity index (χ3v) is 5.72. The predicted molar refractivity (Wildman–Crippen MR) is 109 cm³/mol. The Labute approximate surface area is 165 Å². The van der Waals surface area contributed by atoms with Crippen molar-refractivity contribution in [2.45, 2.75) is 6.04 Å². The Morgan fingerprint density at radius 1 is 1.07 bits per heavy atom. The maximum Gasteiger partial charge on any atom is 0.234 e. The number of halogens is 1. The fourth-order valence-electron chi connectivity index (χ4n) is 2.92. The quantitative estimate of drug-likeness (QED) is 0.766. The van der Waals surface area contributed by atoms with Crippen molar-refractivity contribution in [2.24, 2.45) is 0 Å². The number of morpholine rings is 1. The van der Waals surface area contributed by atoms with Crippen molar-refractivity contribution in [1.29, 1.82) is 0 Å². The van der Waals surface area contributed by atoms with Crippen LogP contribution in [-0.4, -0.2) is 46.2 Å². The third-order valence-electron chi connectivity index (χ3n) is 4.36. The minimum atomic E-state index is -3.61. The maximum absolute atomic E-state index is 12.6. The van der Waals surface area contributed by atoms with E-state index < -0.39 is 10.0 Å². The molecule has 1 heterocycles. The van der Waals surface area contributed by atoms with E-state index in [9.17, 15) is 8.42 Å². The Kier molecular flexibility index (Phi) is 7.04. The minimum absolute atomic E-state index is 0.329. The fraction of sp³-hybridized carbons (Fsp3) is 0.300. The lowest BCUT2D eigenvalue weighted by atomic mass is 10.1. The molecule has 0 radical (unpaired) electrons. The zero-order chi connectivity index (χ0) is 19.1. The Balaban J connectivity index is 1.74. The van der Waals surface area contributed by atoms with Gasteiger partial charge >= 0.3 is 0 Å². The summed E-state index contributed by atoms with van der Waals surface area (Å²) in [4.78, 5) is 2.21. The molecule has 1 aliphatic rings. The molecule has 0 amide bonds. The number of nitrogens with one attached hydrogen (secondary N) is 1. The lowest BCUT2D eigenvalue weighted by Crippen LogP contribution is -2.42. The van der Waals surface area contributed by atoms with Crippen LogP contribution in [0.15, 0.2) is 60.0 Å². The van der Waals surface area contributed by atoms with E-state index >= 15 is 0 Å². The smallest absolute Gasteiger partial charge is 0.234 e. The highest BCUT2D eigenvalue weighted by molar-refractivity contribution is 7.92. The minimum Gasteiger partial charge on any atom is -0.379 e. The molecular weight excluding hydrogens is 384 g/mol. The number of ether oxygens (including phenoxy) is 1. The summed E-state index contributed by atoms with van der Waals surface area (Å²) >= 11 is 5.86. The normalized spacial score (nSPS) is 17.2. The first-order chi connectivity index (χ1) is 13.0. The highest BCUT2D eigenvalue weighted by atomic mass is 35.5. The highest BCUT2D eigenvalue weighted by Gasteiger charge is 2.22. The molecule has 0 aliphatic carbocycles. The topological polar surface area (TPSA) is 58.6 Å². The van der Waals surface area contributed by atoms with E-state index in [1.165, 1.54) is 5.41 Å². The molecule has 2 aromatic carbocycles. The van der Waals surface area contributed by atoms with Gasteiger partial charge in [0.25, 0.3) is 0 Å². The van der Waals surface area contributed by atoms with E-state index in [4.69, 9.17) is 16.3 Å². The van der Waals surface area contributed by atoms with Gasteiger partial charge in [0, 0.05) is 30.1 Å². The molecule has 2 aromatic rings. The summed E-state index contributed by atoms with van der Waals surface area (Å²) in [5.41, 5.74) is 1.71. The summed E-state index contributed by atoms with van der Waals surface area (Å²) in [6.45, 7) is 3.54. The molecule has 5 nitrogen and oxygen atoms in total. The second-order valence-corrected chi connectivity index (χ2v) is 8.43. The molecule has 0 aromatic heterocycles. The average molecular weight is 407 g/mol. The van der Waals surface area contributed by atoms with Crippen LogP contribution in [0.2, 0.25) is 5.02 Å². The largest absolute Gasteiger partial charge is 0.379 e. The lowest BCUT2D eigenvalue weighted by molar-refractivity contribution is 0.0345. The summed E-state index contributed by atoms with van der Waals surface area (Å²) in [7, 11) is -3.61. The third kappa shape index (κ3) is 6.45. The van der Waals surface area contributed by atoms with Gasteiger partial charge in [-0.1, -0.05) is 54.1 Å². The monoisotopic (exact) mass is 406 g/mol. The molecule has 1 atom stereocenters. The Bertz CT molecular complexity index is 849. The van der Waals surface area contributed by atoms with Crippen LogP contribution < -0.4 is 4.72 Å². The van der Waals surface area contributed by atoms with Crippen molar-refractivity contribution >= 4 is 27.7 Å². The Morgan fingerprint density at radius 2 is 1.74 bits per heavy atom. The summed E-state index contributed by atoms with van der Waals surface area (Å²) in [6.07, 6.45) is 1.56. The molecule has 0 spiro atoms. The fourth-order valence-corrected chi connectivity index (χ4v) is 4.07. The predicted octanol–water partition coefficient (Wildman–Crippen LogP) is 3.30. The van der Waals surface area contributed by atoms with Crippen LogP contribution in [0.4, 0.5) is 0 Å². The van der Waals surface area contributed by atoms with Gasteiger partial charge in [-0.05, 0) is 29.3 Å². The molecule has 0 unspecified atom stereocenters. The first-order valence-electron chi connectivity index (χ1n) is 8.83. The van der Waals surface area contributed by atoms with Crippen molar-refractivity contribution in [2.75, 3.05) is 32.8 Å². The van der Waals surface area contributed by atoms with Crippen LogP contribution in [0.25, 0.3) is 6.08 Å². The summed E-state index contributed by atoms with van der Waals surface area (Å²) in [6, 6.07) is 16.3. The van der Waals surface area contributed by atoms with Crippen LogP contribution >= 0.6 is 11.6 Å². The van der Waals surface area contributed by atoms with E-state index in [1.807, 2.05) is 30.3 Å². The van der Waals surface area contributed by atoms with Gasteiger partial charge in [0.15, 0.2) is 0 Å². The van der Waals surface area contributed by atoms with Gasteiger partial charge in [-0.15, -0.1) is 0 Å². The van der Waals surface area contributed by atoms with Crippen molar-refractivity contribution in [3.63, 3.8) is 0 Å². The van der Waals surface area contributed by atoms with Crippen LogP contribution in [0.1, 0.15) is 17.2 Å². The molecule has 3 rings (SSSR count). The number of nitrogens with zero attached hydrogens (tertiary/aromatic N) is 1. The van der Waals surface area contributed by atoms with Crippen molar-refractivity contribution in [1.82, 2.24) is 9.62 Å². The number of hydrogen-bond donors (Lipinski definition) is 1. The first-order valence-corrected chi connectivity index (χ1v) is 10.8. The Hall–Kier alpha value is -1.70. The lowest BCUT2D eigenvalue weighted by Gasteiger charge is -2.30. The summed E-state index contributed by atoms with van der Waals surface area (Å²) < 4.78 is 33.5. The van der Waals surface area contributed by atoms with Crippen molar-refractivity contribution in [3.05, 3.63) is 76.2 Å². The zero-order valence-electron chi connectivity index (χ0n) is 14.9. The summed E-state index contributed by atoms with van der Waals surface area (Å²) in [5, 5.41) is 1.81. The summed E-state index contributed by atoms with van der Waals surface area (Å²) in [5.74, 6) is 0. The van der Waals surface area contributed by atoms with E-state index in [0.29, 0.717) is 24.8 Å². The Morgan fingerprint density at radius 3 is 2.41 bits per heavy atom. The molecule has 27 heavy (non-hydrogen) atoms. The van der Waals surface area contributed by atoms with Crippen LogP contribution in [0, 0.1) is 0 Å². The number of rotatable bonds is 7. The average Bonchev–Trinajstić information content (AvgIpc) is 2.68. The second-order valence-electron chi connectivity index (χ2n) is 6.39. The highest BCUT2D eigenvalue weighted by Crippen LogP contribution is 2.17. The van der Waals surface area contributed by atoms with Gasteiger partial charge in [0.1, 0.15) is 0 Å². The van der Waals surface area contributed by atoms with E-state index in [0.717, 1.165) is 24.2 Å². The van der Waals surface area contributed by atoms with Crippen LogP contribution in [0.3, 0.4) is 0 Å². The van der Waals surface area contributed by atoms with Gasteiger partial charge < -0.3 is 4.74 Å². The number of hydrogen-bond acceptors (Lipinski definition) is 4. The van der Waals surface area contributed by atoms with Crippen LogP contribution in [-0.2, 0) is 14.8 Å². The SMILES string of the molecule is O=S(=O)(/C=C/c1ccc(Cl)cc1)N[C@@H](CN1CCOCC1)c1ccccc1. The molecule has 1 saturated heterocycles. The van der Waals surface area contributed by atoms with Crippen LogP contribution in [0.5, 0.6) is 0 Å². The standard InChI is InChI=1S/C20H23ClN2O3S/c21-19-8-6-17(7-9-19)10-15-27(24,25)22-20(18-4-2-1-3-5-18)16-23-11-13-26-14-12-23/h1-10,15,20,22H,11-14,16H2/b15-10+/t20-/m0/s1. The van der Waals surface area contributed by atoms with Gasteiger partial charge in [-0.3, -0.25) is 4.90 Å². The molecule has 1 N–H and O–H groups in total. The van der Waals surface area contributed by atoms with Gasteiger partial charge in [-0.25, -0.2) is 13.1 Å². The van der Waals surface area contributed by atoms with Gasteiger partial charge in [0.05, 0.1) is 19.3 Å². The van der Waals surface area contributed by atoms with Crippen molar-refractivity contribution < 1.29 is 13.2 Å². The van der Waals surface area contributed by atoms with E-state index in [1.54, 1.807) is 30.3 Å². The zero-order valence-corrected chi connectivity index (χ0v) is 16.5. The molecule has 144 valence electrons. The van der Waals surface area contributed by atoms with E-state index in [-0.39, 0.29) is 6.04 Å². The first kappa shape index (κ1) is 20.0. The van der Waals surface area contributed by atoms with E-state index in [2.05, 4.69) is 9.62 Å². The van der Waals surface area contributed by atoms with Gasteiger partial charge in [0.2, 0.25) is 10.0 Å². The number of sulfonamides is 1. The van der Waals surface area contributed by atoms with Gasteiger partial charge in [-0.2, -0.15) is 0 Å². The molecule has 0 saturated carbocycles. The number of benzene rings is 2.